The molecule has 0 spiro atoms. The Morgan fingerprint density at radius 2 is 1.68 bits per heavy atom. The molecular formula is C15H27NO6. The molecule has 0 bridgehead atoms. The fourth-order valence-corrected chi connectivity index (χ4v) is 1.85. The van der Waals surface area contributed by atoms with Gasteiger partial charge in [-0.15, -0.1) is 0 Å². The van der Waals surface area contributed by atoms with Crippen LogP contribution < -0.4 is 0 Å². The summed E-state index contributed by atoms with van der Waals surface area (Å²) in [5.41, 5.74) is -0.540. The lowest BCUT2D eigenvalue weighted by Crippen LogP contribution is -2.42. The maximum absolute atomic E-state index is 11.7. The number of aliphatic hydroxyl groups excluding tert-OH is 2. The van der Waals surface area contributed by atoms with Gasteiger partial charge in [0.1, 0.15) is 6.61 Å². The van der Waals surface area contributed by atoms with Gasteiger partial charge in [-0.05, 0) is 27.3 Å². The maximum atomic E-state index is 11.7. The van der Waals surface area contributed by atoms with E-state index >= 15 is 0 Å². The molecule has 7 nitrogen and oxygen atoms in total. The highest BCUT2D eigenvalue weighted by Crippen LogP contribution is 2.21. The Kier molecular flexibility index (Phi) is 8.93. The van der Waals surface area contributed by atoms with E-state index < -0.39 is 17.4 Å². The van der Waals surface area contributed by atoms with Gasteiger partial charge < -0.3 is 25.0 Å². The minimum absolute atomic E-state index is 0.0380. The van der Waals surface area contributed by atoms with Gasteiger partial charge in [-0.3, -0.25) is 0 Å². The van der Waals surface area contributed by atoms with Crippen LogP contribution in [0.1, 0.15) is 27.2 Å². The lowest BCUT2D eigenvalue weighted by molar-refractivity contribution is -0.140. The largest absolute Gasteiger partial charge is 0.478 e. The van der Waals surface area contributed by atoms with Crippen molar-refractivity contribution >= 4 is 11.9 Å². The number of carboxylic acids is 1. The van der Waals surface area contributed by atoms with Crippen molar-refractivity contribution in [2.45, 2.75) is 27.2 Å². The summed E-state index contributed by atoms with van der Waals surface area (Å²) >= 11 is 0. The van der Waals surface area contributed by atoms with E-state index in [1.54, 1.807) is 7.05 Å². The van der Waals surface area contributed by atoms with Crippen LogP contribution in [-0.2, 0) is 14.3 Å². The summed E-state index contributed by atoms with van der Waals surface area (Å²) in [5, 5.41) is 27.6. The van der Waals surface area contributed by atoms with Gasteiger partial charge in [0.2, 0.25) is 0 Å². The molecule has 0 aliphatic heterocycles. The second kappa shape index (κ2) is 9.55. The maximum Gasteiger partial charge on any atom is 0.334 e. The van der Waals surface area contributed by atoms with Crippen molar-refractivity contribution in [2.75, 3.05) is 40.0 Å². The Labute approximate surface area is 131 Å². The van der Waals surface area contributed by atoms with Crippen LogP contribution in [0, 0.1) is 5.41 Å². The Morgan fingerprint density at radius 1 is 1.14 bits per heavy atom. The number of carbonyl (C=O) groups excluding carboxylic acids is 1. The van der Waals surface area contributed by atoms with E-state index in [0.717, 1.165) is 0 Å². The highest BCUT2D eigenvalue weighted by molar-refractivity contribution is 5.98. The fraction of sp³-hybridized carbons (Fsp3) is 0.733. The molecule has 0 aliphatic carbocycles. The van der Waals surface area contributed by atoms with E-state index in [9.17, 15) is 19.8 Å². The SMILES string of the molecule is CCC(CO)(CO)CN(C)CCOC(=O)C(C)=C(C)C(=O)O. The van der Waals surface area contributed by atoms with Crippen molar-refractivity contribution in [3.8, 4) is 0 Å². The van der Waals surface area contributed by atoms with Crippen LogP contribution in [0.3, 0.4) is 0 Å². The van der Waals surface area contributed by atoms with Crippen molar-refractivity contribution < 1.29 is 29.6 Å². The van der Waals surface area contributed by atoms with Gasteiger partial charge >= 0.3 is 11.9 Å². The van der Waals surface area contributed by atoms with E-state index in [-0.39, 0.29) is 31.0 Å². The molecule has 22 heavy (non-hydrogen) atoms. The molecule has 0 aromatic carbocycles. The van der Waals surface area contributed by atoms with E-state index in [1.807, 2.05) is 11.8 Å². The van der Waals surface area contributed by atoms with Crippen molar-refractivity contribution in [3.63, 3.8) is 0 Å². The second-order valence-corrected chi connectivity index (χ2v) is 5.60. The molecule has 0 rings (SSSR count). The third kappa shape index (κ3) is 6.13. The fourth-order valence-electron chi connectivity index (χ4n) is 1.85. The smallest absolute Gasteiger partial charge is 0.334 e. The Hall–Kier alpha value is -1.44. The minimum Gasteiger partial charge on any atom is -0.478 e. The number of hydrogen-bond donors (Lipinski definition) is 3. The highest BCUT2D eigenvalue weighted by atomic mass is 16.5. The number of ether oxygens (including phenoxy) is 1. The van der Waals surface area contributed by atoms with Gasteiger partial charge in [-0.2, -0.15) is 0 Å². The van der Waals surface area contributed by atoms with Crippen molar-refractivity contribution in [2.24, 2.45) is 5.41 Å². The molecule has 0 saturated heterocycles. The predicted molar refractivity (Wildman–Crippen MR) is 81.4 cm³/mol. The number of esters is 1. The summed E-state index contributed by atoms with van der Waals surface area (Å²) in [6.07, 6.45) is 0.629. The number of carboxylic acid groups (broad SMARTS) is 1. The zero-order valence-electron chi connectivity index (χ0n) is 13.8. The Bertz CT molecular complexity index is 406. The molecule has 0 fully saturated rings. The summed E-state index contributed by atoms with van der Waals surface area (Å²) in [6.45, 7) is 5.41. The first-order chi connectivity index (χ1) is 10.2. The van der Waals surface area contributed by atoms with Crippen LogP contribution in [0.4, 0.5) is 0 Å². The average Bonchev–Trinajstić information content (AvgIpc) is 2.50. The van der Waals surface area contributed by atoms with Crippen molar-refractivity contribution in [3.05, 3.63) is 11.1 Å². The first-order valence-corrected chi connectivity index (χ1v) is 7.21. The molecule has 0 aromatic heterocycles. The number of aliphatic carboxylic acids is 1. The summed E-state index contributed by atoms with van der Waals surface area (Å²) in [6, 6.07) is 0. The number of nitrogens with zero attached hydrogens (tertiary/aromatic N) is 1. The molecular weight excluding hydrogens is 290 g/mol. The summed E-state index contributed by atoms with van der Waals surface area (Å²) in [4.78, 5) is 24.3. The van der Waals surface area contributed by atoms with Gasteiger partial charge in [-0.25, -0.2) is 9.59 Å². The Morgan fingerprint density at radius 3 is 2.09 bits per heavy atom. The van der Waals surface area contributed by atoms with Gasteiger partial charge in [0.05, 0.1) is 13.2 Å². The monoisotopic (exact) mass is 317 g/mol. The molecule has 128 valence electrons. The van der Waals surface area contributed by atoms with Crippen LogP contribution >= 0.6 is 0 Å². The summed E-state index contributed by atoms with van der Waals surface area (Å²) in [5.74, 6) is -1.80. The highest BCUT2D eigenvalue weighted by Gasteiger charge is 2.28. The first kappa shape index (κ1) is 20.6. The third-order valence-corrected chi connectivity index (χ3v) is 3.92. The lowest BCUT2D eigenvalue weighted by atomic mass is 9.86. The van der Waals surface area contributed by atoms with Crippen LogP contribution in [0.5, 0.6) is 0 Å². The number of carbonyl (C=O) groups is 2. The van der Waals surface area contributed by atoms with Crippen LogP contribution in [0.2, 0.25) is 0 Å². The van der Waals surface area contributed by atoms with Gasteiger partial charge in [0.15, 0.2) is 0 Å². The van der Waals surface area contributed by atoms with E-state index in [2.05, 4.69) is 0 Å². The van der Waals surface area contributed by atoms with E-state index in [1.165, 1.54) is 13.8 Å². The summed E-state index contributed by atoms with van der Waals surface area (Å²) < 4.78 is 5.03. The first-order valence-electron chi connectivity index (χ1n) is 7.21. The van der Waals surface area contributed by atoms with Crippen LogP contribution in [0.15, 0.2) is 11.1 Å². The molecule has 0 aromatic rings. The molecule has 0 radical (unpaired) electrons. The Balaban J connectivity index is 4.39. The number of aliphatic hydroxyl groups is 2. The number of likely N-dealkylation sites (N-methyl/N-ethyl adjacent to an activating group) is 1. The zero-order chi connectivity index (χ0) is 17.3. The number of rotatable bonds is 10. The normalized spacial score (nSPS) is 13.0. The van der Waals surface area contributed by atoms with Crippen molar-refractivity contribution in [1.29, 1.82) is 0 Å². The van der Waals surface area contributed by atoms with Crippen molar-refractivity contribution in [1.82, 2.24) is 4.90 Å². The van der Waals surface area contributed by atoms with Gasteiger partial charge in [0.25, 0.3) is 0 Å². The quantitative estimate of drug-likeness (QED) is 0.392. The zero-order valence-corrected chi connectivity index (χ0v) is 13.8. The second-order valence-electron chi connectivity index (χ2n) is 5.60. The molecule has 7 heteroatoms. The average molecular weight is 317 g/mol. The number of hydrogen-bond acceptors (Lipinski definition) is 6. The van der Waals surface area contributed by atoms with Crippen LogP contribution in [0.25, 0.3) is 0 Å². The molecule has 0 unspecified atom stereocenters. The minimum atomic E-state index is -1.15. The lowest BCUT2D eigenvalue weighted by Gasteiger charge is -2.33. The molecule has 0 aliphatic rings. The van der Waals surface area contributed by atoms with E-state index in [0.29, 0.717) is 19.5 Å². The molecule has 0 saturated carbocycles. The molecule has 0 amide bonds. The van der Waals surface area contributed by atoms with Gasteiger partial charge in [-0.1, -0.05) is 6.92 Å². The third-order valence-electron chi connectivity index (χ3n) is 3.92. The molecule has 0 heterocycles. The van der Waals surface area contributed by atoms with E-state index in [4.69, 9.17) is 9.84 Å². The summed E-state index contributed by atoms with van der Waals surface area (Å²) in [7, 11) is 1.80. The topological polar surface area (TPSA) is 107 Å². The molecule has 0 atom stereocenters. The van der Waals surface area contributed by atoms with Gasteiger partial charge in [0, 0.05) is 29.7 Å². The predicted octanol–water partition coefficient (Wildman–Crippen LogP) is 0.263. The molecule has 3 N–H and O–H groups in total. The van der Waals surface area contributed by atoms with Crippen LogP contribution in [-0.4, -0.2) is 72.1 Å². The standard InChI is InChI=1S/C15H27NO6/c1-5-15(9-17,10-18)8-16(4)6-7-22-14(21)12(3)11(2)13(19)20/h17-18H,5-10H2,1-4H3,(H,19,20).